The summed E-state index contributed by atoms with van der Waals surface area (Å²) < 4.78 is 79.6. The third-order valence-electron chi connectivity index (χ3n) is 6.59. The topological polar surface area (TPSA) is 43.8 Å². The van der Waals surface area contributed by atoms with Crippen LogP contribution in [-0.4, -0.2) is 59.1 Å². The second-order valence-corrected chi connectivity index (χ2v) is 8.86. The van der Waals surface area contributed by atoms with Crippen molar-refractivity contribution in [3.63, 3.8) is 0 Å². The number of hydrogen-bond acceptors (Lipinski definition) is 3. The second kappa shape index (κ2) is 9.22. The Morgan fingerprint density at radius 1 is 0.853 bits per heavy atom. The zero-order valence-corrected chi connectivity index (χ0v) is 18.1. The van der Waals surface area contributed by atoms with E-state index < -0.39 is 41.1 Å². The van der Waals surface area contributed by atoms with Gasteiger partial charge in [0.1, 0.15) is 0 Å². The molecule has 2 heterocycles. The largest absolute Gasteiger partial charge is 0.416 e. The molecule has 2 aliphatic rings. The summed E-state index contributed by atoms with van der Waals surface area (Å²) in [5.74, 6) is -1.06. The second-order valence-electron chi connectivity index (χ2n) is 8.86. The average Bonchev–Trinajstić information content (AvgIpc) is 3.23. The highest BCUT2D eigenvalue weighted by Gasteiger charge is 2.41. The van der Waals surface area contributed by atoms with Crippen molar-refractivity contribution in [1.29, 1.82) is 0 Å². The summed E-state index contributed by atoms with van der Waals surface area (Å²) in [6.45, 7) is 1.52. The number of halogens is 6. The van der Waals surface area contributed by atoms with Gasteiger partial charge in [-0.1, -0.05) is 30.3 Å². The SMILES string of the molecule is O=C(c1cc(C(F)(F)F)cc(C(F)(F)F)c1)N1CC[C@@H](N2CC[C@@H](O)C2)[C@@H](c2ccccc2)C1. The number of β-amino-alcohol motifs (C(OH)–C–C–N with tert-alkyl or cyclic N) is 1. The third kappa shape index (κ3) is 5.22. The van der Waals surface area contributed by atoms with E-state index in [-0.39, 0.29) is 31.1 Å². The molecule has 2 saturated heterocycles. The van der Waals surface area contributed by atoms with Gasteiger partial charge >= 0.3 is 12.4 Å². The number of amides is 1. The van der Waals surface area contributed by atoms with Crippen molar-refractivity contribution >= 4 is 5.91 Å². The van der Waals surface area contributed by atoms with Gasteiger partial charge in [-0.2, -0.15) is 26.3 Å². The first-order valence-corrected chi connectivity index (χ1v) is 11.0. The van der Waals surface area contributed by atoms with Crippen LogP contribution in [0.2, 0.25) is 0 Å². The summed E-state index contributed by atoms with van der Waals surface area (Å²) in [6, 6.07) is 10.3. The number of rotatable bonds is 3. The highest BCUT2D eigenvalue weighted by atomic mass is 19.4. The Hall–Kier alpha value is -2.59. The number of aliphatic hydroxyl groups excluding tert-OH is 1. The van der Waals surface area contributed by atoms with Crippen molar-refractivity contribution < 1.29 is 36.2 Å². The molecule has 10 heteroatoms. The Morgan fingerprint density at radius 3 is 2.00 bits per heavy atom. The van der Waals surface area contributed by atoms with Gasteiger partial charge in [0, 0.05) is 43.7 Å². The van der Waals surface area contributed by atoms with Crippen molar-refractivity contribution in [2.24, 2.45) is 0 Å². The van der Waals surface area contributed by atoms with E-state index in [0.717, 1.165) is 5.56 Å². The fraction of sp³-hybridized carbons (Fsp3) is 0.458. The van der Waals surface area contributed by atoms with Gasteiger partial charge in [-0.25, -0.2) is 0 Å². The molecular weight excluding hydrogens is 462 g/mol. The molecule has 0 unspecified atom stereocenters. The number of benzene rings is 2. The summed E-state index contributed by atoms with van der Waals surface area (Å²) in [4.78, 5) is 16.6. The number of nitrogens with zero attached hydrogens (tertiary/aromatic N) is 2. The molecule has 2 aliphatic heterocycles. The molecule has 0 aromatic heterocycles. The monoisotopic (exact) mass is 486 g/mol. The summed E-state index contributed by atoms with van der Waals surface area (Å²) in [7, 11) is 0. The van der Waals surface area contributed by atoms with Crippen LogP contribution in [0.25, 0.3) is 0 Å². The minimum atomic E-state index is -5.02. The maximum Gasteiger partial charge on any atom is 0.416 e. The third-order valence-corrected chi connectivity index (χ3v) is 6.59. The lowest BCUT2D eigenvalue weighted by Crippen LogP contribution is -2.51. The van der Waals surface area contributed by atoms with Crippen molar-refractivity contribution in [3.05, 3.63) is 70.8 Å². The minimum absolute atomic E-state index is 0.00385. The van der Waals surface area contributed by atoms with Crippen LogP contribution in [0.15, 0.2) is 48.5 Å². The number of carbonyl (C=O) groups excluding carboxylic acids is 1. The molecule has 4 rings (SSSR count). The predicted molar refractivity (Wildman–Crippen MR) is 112 cm³/mol. The highest BCUT2D eigenvalue weighted by Crippen LogP contribution is 2.38. The van der Waals surface area contributed by atoms with Crippen LogP contribution in [0.3, 0.4) is 0 Å². The predicted octanol–water partition coefficient (Wildman–Crippen LogP) is 4.79. The van der Waals surface area contributed by atoms with Crippen molar-refractivity contribution in [2.45, 2.75) is 43.3 Å². The first-order valence-electron chi connectivity index (χ1n) is 11.0. The van der Waals surface area contributed by atoms with Gasteiger partial charge in [-0.3, -0.25) is 9.69 Å². The van der Waals surface area contributed by atoms with Crippen molar-refractivity contribution in [2.75, 3.05) is 26.2 Å². The molecule has 4 nitrogen and oxygen atoms in total. The van der Waals surface area contributed by atoms with Crippen molar-refractivity contribution in [1.82, 2.24) is 9.80 Å². The first-order chi connectivity index (χ1) is 15.9. The van der Waals surface area contributed by atoms with Crippen LogP contribution in [0.1, 0.15) is 45.8 Å². The summed E-state index contributed by atoms with van der Waals surface area (Å²) in [5.41, 5.74) is -2.73. The molecule has 2 aromatic rings. The molecule has 184 valence electrons. The van der Waals surface area contributed by atoms with Gasteiger partial charge in [-0.05, 0) is 36.6 Å². The van der Waals surface area contributed by atoms with Crippen LogP contribution in [0, 0.1) is 0 Å². The molecule has 2 fully saturated rings. The molecule has 0 saturated carbocycles. The number of likely N-dealkylation sites (tertiary alicyclic amines) is 2. The van der Waals surface area contributed by atoms with E-state index in [4.69, 9.17) is 0 Å². The molecular formula is C24H24F6N2O2. The Bertz CT molecular complexity index is 992. The lowest BCUT2D eigenvalue weighted by atomic mass is 9.84. The average molecular weight is 486 g/mol. The van der Waals surface area contributed by atoms with Crippen LogP contribution in [0.4, 0.5) is 26.3 Å². The van der Waals surface area contributed by atoms with Crippen molar-refractivity contribution in [3.8, 4) is 0 Å². The maximum atomic E-state index is 13.3. The summed E-state index contributed by atoms with van der Waals surface area (Å²) in [6.07, 6.45) is -9.37. The highest BCUT2D eigenvalue weighted by molar-refractivity contribution is 5.95. The minimum Gasteiger partial charge on any atom is -0.392 e. The zero-order valence-electron chi connectivity index (χ0n) is 18.1. The van der Waals surface area contributed by atoms with E-state index in [9.17, 15) is 36.2 Å². The van der Waals surface area contributed by atoms with Gasteiger partial charge in [-0.15, -0.1) is 0 Å². The lowest BCUT2D eigenvalue weighted by Gasteiger charge is -2.43. The fourth-order valence-corrected chi connectivity index (χ4v) is 4.92. The van der Waals surface area contributed by atoms with Gasteiger partial charge in [0.05, 0.1) is 17.2 Å². The maximum absolute atomic E-state index is 13.3. The standard InChI is InChI=1S/C24H24F6N2O2/c25-23(26,27)17-10-16(11-18(12-17)24(28,29)30)22(34)32-9-7-21(31-8-6-19(33)13-31)20(14-32)15-4-2-1-3-5-15/h1-5,10-12,19-21,33H,6-9,13-14H2/t19-,20-,21-/m1/s1. The Kier molecular flexibility index (Phi) is 6.65. The molecule has 1 amide bonds. The summed E-state index contributed by atoms with van der Waals surface area (Å²) in [5, 5.41) is 9.97. The van der Waals surface area contributed by atoms with Crippen LogP contribution in [0.5, 0.6) is 0 Å². The van der Waals surface area contributed by atoms with E-state index in [0.29, 0.717) is 38.1 Å². The van der Waals surface area contributed by atoms with Gasteiger partial charge in [0.15, 0.2) is 0 Å². The van der Waals surface area contributed by atoms with E-state index in [2.05, 4.69) is 4.90 Å². The number of alkyl halides is 6. The fourth-order valence-electron chi connectivity index (χ4n) is 4.92. The number of carbonyl (C=O) groups is 1. The quantitative estimate of drug-likeness (QED) is 0.635. The number of hydrogen-bond donors (Lipinski definition) is 1. The number of piperidine rings is 1. The molecule has 2 aromatic carbocycles. The van der Waals surface area contributed by atoms with Crippen LogP contribution in [-0.2, 0) is 12.4 Å². The lowest BCUT2D eigenvalue weighted by molar-refractivity contribution is -0.143. The Morgan fingerprint density at radius 2 is 1.47 bits per heavy atom. The molecule has 0 spiro atoms. The zero-order chi connectivity index (χ0) is 24.7. The smallest absolute Gasteiger partial charge is 0.392 e. The normalized spacial score (nSPS) is 24.4. The van der Waals surface area contributed by atoms with E-state index in [1.807, 2.05) is 30.3 Å². The van der Waals surface area contributed by atoms with E-state index in [1.54, 1.807) is 0 Å². The molecule has 1 N–H and O–H groups in total. The van der Waals surface area contributed by atoms with Crippen LogP contribution >= 0.6 is 0 Å². The van der Waals surface area contributed by atoms with Gasteiger partial charge < -0.3 is 10.0 Å². The van der Waals surface area contributed by atoms with E-state index >= 15 is 0 Å². The molecule has 3 atom stereocenters. The molecule has 0 radical (unpaired) electrons. The van der Waals surface area contributed by atoms with Crippen LogP contribution < -0.4 is 0 Å². The van der Waals surface area contributed by atoms with Gasteiger partial charge in [0.2, 0.25) is 0 Å². The molecule has 0 aliphatic carbocycles. The molecule has 0 bridgehead atoms. The first kappa shape index (κ1) is 24.5. The Labute approximate surface area is 192 Å². The summed E-state index contributed by atoms with van der Waals surface area (Å²) >= 11 is 0. The van der Waals surface area contributed by atoms with E-state index in [1.165, 1.54) is 4.90 Å². The molecule has 34 heavy (non-hydrogen) atoms. The van der Waals surface area contributed by atoms with Gasteiger partial charge in [0.25, 0.3) is 5.91 Å². The number of aliphatic hydroxyl groups is 1. The Balaban J connectivity index is 1.64.